The smallest absolute Gasteiger partial charge is 0.0994 e. The van der Waals surface area contributed by atoms with Crippen LogP contribution in [-0.2, 0) is 11.3 Å². The molecule has 2 aliphatic rings. The Morgan fingerprint density at radius 2 is 2.09 bits per heavy atom. The maximum Gasteiger partial charge on any atom is 0.0994 e. The lowest BCUT2D eigenvalue weighted by atomic mass is 9.68. The third-order valence-corrected chi connectivity index (χ3v) is 5.55. The molecular weight excluding hydrogens is 274 g/mol. The summed E-state index contributed by atoms with van der Waals surface area (Å²) in [6, 6.07) is 0. The Morgan fingerprint density at radius 3 is 2.82 bits per heavy atom. The van der Waals surface area contributed by atoms with Gasteiger partial charge in [0, 0.05) is 32.0 Å². The number of ether oxygens (including phenoxy) is 1. The van der Waals surface area contributed by atoms with Crippen molar-refractivity contribution in [2.24, 2.45) is 17.3 Å². The van der Waals surface area contributed by atoms with Gasteiger partial charge in [-0.3, -0.25) is 4.90 Å². The van der Waals surface area contributed by atoms with Crippen molar-refractivity contribution < 1.29 is 4.74 Å². The maximum absolute atomic E-state index is 6.15. The van der Waals surface area contributed by atoms with Gasteiger partial charge in [0.1, 0.15) is 0 Å². The van der Waals surface area contributed by atoms with E-state index in [1.807, 2.05) is 18.7 Å². The first-order valence-electron chi connectivity index (χ1n) is 8.82. The summed E-state index contributed by atoms with van der Waals surface area (Å²) in [5.74, 6) is 1.59. The molecule has 1 saturated heterocycles. The second-order valence-electron chi connectivity index (χ2n) is 8.20. The monoisotopic (exact) mass is 305 g/mol. The molecule has 0 bridgehead atoms. The number of nitrogens with zero attached hydrogens (tertiary/aromatic N) is 3. The van der Waals surface area contributed by atoms with Gasteiger partial charge < -0.3 is 9.30 Å². The lowest BCUT2D eigenvalue weighted by Crippen LogP contribution is -2.49. The highest BCUT2D eigenvalue weighted by Crippen LogP contribution is 2.42. The van der Waals surface area contributed by atoms with Crippen LogP contribution in [0.5, 0.6) is 0 Å². The molecule has 1 aliphatic heterocycles. The van der Waals surface area contributed by atoms with Gasteiger partial charge >= 0.3 is 0 Å². The van der Waals surface area contributed by atoms with Crippen LogP contribution in [0.3, 0.4) is 0 Å². The molecule has 0 N–H and O–H groups in total. The summed E-state index contributed by atoms with van der Waals surface area (Å²) in [6.07, 6.45) is 11.4. The second kappa shape index (κ2) is 6.71. The fraction of sp³-hybridized carbons (Fsp3) is 0.833. The van der Waals surface area contributed by atoms with Gasteiger partial charge in [0.2, 0.25) is 0 Å². The van der Waals surface area contributed by atoms with Crippen LogP contribution in [0.15, 0.2) is 18.7 Å². The first kappa shape index (κ1) is 16.0. The van der Waals surface area contributed by atoms with E-state index in [0.717, 1.165) is 31.7 Å². The molecule has 0 aromatic carbocycles. The number of hydrogen-bond acceptors (Lipinski definition) is 3. The molecule has 3 unspecified atom stereocenters. The normalized spacial score (nSPS) is 30.2. The minimum atomic E-state index is 0.439. The molecule has 1 aliphatic carbocycles. The van der Waals surface area contributed by atoms with Gasteiger partial charge in [0.05, 0.1) is 19.2 Å². The van der Waals surface area contributed by atoms with Crippen molar-refractivity contribution in [2.75, 3.05) is 19.8 Å². The summed E-state index contributed by atoms with van der Waals surface area (Å²) >= 11 is 0. The van der Waals surface area contributed by atoms with E-state index < -0.39 is 0 Å². The van der Waals surface area contributed by atoms with Gasteiger partial charge in [0.25, 0.3) is 0 Å². The van der Waals surface area contributed by atoms with Crippen molar-refractivity contribution in [1.29, 1.82) is 0 Å². The van der Waals surface area contributed by atoms with Crippen molar-refractivity contribution in [1.82, 2.24) is 14.5 Å². The fourth-order valence-electron chi connectivity index (χ4n) is 4.07. The zero-order valence-corrected chi connectivity index (χ0v) is 14.4. The van der Waals surface area contributed by atoms with Gasteiger partial charge in [-0.2, -0.15) is 0 Å². The molecule has 4 heteroatoms. The van der Waals surface area contributed by atoms with E-state index >= 15 is 0 Å². The van der Waals surface area contributed by atoms with Gasteiger partial charge in [-0.25, -0.2) is 4.98 Å². The lowest BCUT2D eigenvalue weighted by molar-refractivity contribution is -0.130. The Morgan fingerprint density at radius 1 is 1.23 bits per heavy atom. The summed E-state index contributed by atoms with van der Waals surface area (Å²) in [5, 5.41) is 0. The molecule has 4 nitrogen and oxygen atoms in total. The average molecular weight is 305 g/mol. The molecule has 0 amide bonds. The number of imidazole rings is 1. The highest BCUT2D eigenvalue weighted by molar-refractivity contribution is 4.89. The Hall–Kier alpha value is -0.870. The minimum Gasteiger partial charge on any atom is -0.363 e. The van der Waals surface area contributed by atoms with Crippen LogP contribution in [0, 0.1) is 17.3 Å². The lowest BCUT2D eigenvalue weighted by Gasteiger charge is -2.46. The highest BCUT2D eigenvalue weighted by atomic mass is 16.5. The van der Waals surface area contributed by atoms with Crippen molar-refractivity contribution in [3.63, 3.8) is 0 Å². The van der Waals surface area contributed by atoms with Crippen molar-refractivity contribution in [3.8, 4) is 0 Å². The van der Waals surface area contributed by atoms with Crippen LogP contribution >= 0.6 is 0 Å². The van der Waals surface area contributed by atoms with E-state index in [4.69, 9.17) is 4.74 Å². The molecule has 2 heterocycles. The molecule has 1 saturated carbocycles. The molecule has 3 rings (SSSR count). The molecule has 1 aromatic rings. The molecule has 2 fully saturated rings. The topological polar surface area (TPSA) is 30.3 Å². The van der Waals surface area contributed by atoms with Gasteiger partial charge in [-0.15, -0.1) is 0 Å². The van der Waals surface area contributed by atoms with Crippen LogP contribution in [0.2, 0.25) is 0 Å². The highest BCUT2D eigenvalue weighted by Gasteiger charge is 2.39. The van der Waals surface area contributed by atoms with E-state index in [9.17, 15) is 0 Å². The van der Waals surface area contributed by atoms with E-state index in [2.05, 4.69) is 35.2 Å². The van der Waals surface area contributed by atoms with E-state index in [1.165, 1.54) is 32.2 Å². The van der Waals surface area contributed by atoms with Crippen LogP contribution in [-0.4, -0.2) is 40.4 Å². The Balaban J connectivity index is 1.46. The molecule has 1 aromatic heterocycles. The number of fused-ring (bicyclic) bond motifs is 1. The summed E-state index contributed by atoms with van der Waals surface area (Å²) in [6.45, 7) is 11.4. The summed E-state index contributed by atoms with van der Waals surface area (Å²) in [7, 11) is 0. The Bertz CT molecular complexity index is 451. The van der Waals surface area contributed by atoms with Gasteiger partial charge in [-0.05, 0) is 42.9 Å². The zero-order valence-electron chi connectivity index (χ0n) is 14.4. The van der Waals surface area contributed by atoms with Crippen molar-refractivity contribution >= 4 is 0 Å². The Labute approximate surface area is 134 Å². The summed E-state index contributed by atoms with van der Waals surface area (Å²) < 4.78 is 8.31. The predicted octanol–water partition coefficient (Wildman–Crippen LogP) is 3.39. The fourth-order valence-corrected chi connectivity index (χ4v) is 4.07. The average Bonchev–Trinajstić information content (AvgIpc) is 2.99. The molecule has 124 valence electrons. The SMILES string of the molecule is CC(C)(C)C1CCC2OCN(CCCn3ccnc3)CC2C1. The quantitative estimate of drug-likeness (QED) is 0.854. The molecular formula is C18H31N3O. The number of hydrogen-bond donors (Lipinski definition) is 0. The largest absolute Gasteiger partial charge is 0.363 e. The van der Waals surface area contributed by atoms with Crippen molar-refractivity contribution in [3.05, 3.63) is 18.7 Å². The molecule has 22 heavy (non-hydrogen) atoms. The minimum absolute atomic E-state index is 0.439. The summed E-state index contributed by atoms with van der Waals surface area (Å²) in [4.78, 5) is 6.60. The third-order valence-electron chi connectivity index (χ3n) is 5.55. The first-order valence-corrected chi connectivity index (χ1v) is 8.82. The standard InChI is InChI=1S/C18H31N3O/c1-18(2,3)16-5-6-17-15(11-16)12-21(14-22-17)9-4-8-20-10-7-19-13-20/h7,10,13,15-17H,4-6,8-9,11-12,14H2,1-3H3. The van der Waals surface area contributed by atoms with Gasteiger partial charge in [-0.1, -0.05) is 20.8 Å². The van der Waals surface area contributed by atoms with Crippen LogP contribution in [0.4, 0.5) is 0 Å². The third kappa shape index (κ3) is 3.90. The second-order valence-corrected chi connectivity index (χ2v) is 8.20. The number of aromatic nitrogens is 2. The van der Waals surface area contributed by atoms with E-state index in [-0.39, 0.29) is 0 Å². The molecule has 0 radical (unpaired) electrons. The predicted molar refractivity (Wildman–Crippen MR) is 88.4 cm³/mol. The number of aryl methyl sites for hydroxylation is 1. The van der Waals surface area contributed by atoms with E-state index in [1.54, 1.807) is 0 Å². The van der Waals surface area contributed by atoms with Crippen LogP contribution in [0.25, 0.3) is 0 Å². The first-order chi connectivity index (χ1) is 10.5. The molecule has 3 atom stereocenters. The Kier molecular flexibility index (Phi) is 4.88. The van der Waals surface area contributed by atoms with Crippen LogP contribution < -0.4 is 0 Å². The summed E-state index contributed by atoms with van der Waals surface area (Å²) in [5.41, 5.74) is 0.439. The van der Waals surface area contributed by atoms with Crippen LogP contribution in [0.1, 0.15) is 46.5 Å². The zero-order chi connectivity index (χ0) is 15.6. The maximum atomic E-state index is 6.15. The molecule has 0 spiro atoms. The van der Waals surface area contributed by atoms with E-state index in [0.29, 0.717) is 11.5 Å². The van der Waals surface area contributed by atoms with Crippen molar-refractivity contribution in [2.45, 2.75) is 59.1 Å². The van der Waals surface area contributed by atoms with Gasteiger partial charge in [0.15, 0.2) is 0 Å². The number of rotatable bonds is 4.